The molecule has 1 heterocycles. The summed E-state index contributed by atoms with van der Waals surface area (Å²) in [7, 11) is 1.75. The number of piperazine rings is 1. The minimum atomic E-state index is 0.225. The van der Waals surface area contributed by atoms with Gasteiger partial charge in [0.2, 0.25) is 5.91 Å². The number of amides is 1. The van der Waals surface area contributed by atoms with Crippen molar-refractivity contribution in [3.05, 3.63) is 0 Å². The lowest BCUT2D eigenvalue weighted by Crippen LogP contribution is -2.56. The van der Waals surface area contributed by atoms with Crippen molar-refractivity contribution >= 4 is 5.91 Å². The molecule has 2 saturated carbocycles. The molecular formula is C18H33N3O2. The summed E-state index contributed by atoms with van der Waals surface area (Å²) in [6.45, 7) is 6.64. The lowest BCUT2D eigenvalue weighted by molar-refractivity contribution is -0.141. The van der Waals surface area contributed by atoms with Crippen LogP contribution in [0.4, 0.5) is 0 Å². The van der Waals surface area contributed by atoms with Gasteiger partial charge in [-0.2, -0.15) is 0 Å². The van der Waals surface area contributed by atoms with E-state index in [4.69, 9.17) is 10.5 Å². The third kappa shape index (κ3) is 3.72. The molecule has 5 nitrogen and oxygen atoms in total. The van der Waals surface area contributed by atoms with Gasteiger partial charge in [-0.05, 0) is 44.4 Å². The van der Waals surface area contributed by atoms with Gasteiger partial charge in [0.05, 0.1) is 6.61 Å². The molecule has 0 aromatic rings. The summed E-state index contributed by atoms with van der Waals surface area (Å²) < 4.78 is 5.18. The van der Waals surface area contributed by atoms with Gasteiger partial charge in [0.15, 0.2) is 0 Å². The Balaban J connectivity index is 1.55. The predicted molar refractivity (Wildman–Crippen MR) is 91.0 cm³/mol. The normalized spacial score (nSPS) is 38.6. The molecule has 3 unspecified atom stereocenters. The third-order valence-electron chi connectivity index (χ3n) is 6.42. The van der Waals surface area contributed by atoms with E-state index in [1.807, 2.05) is 0 Å². The average Bonchev–Trinajstić information content (AvgIpc) is 2.53. The molecule has 1 saturated heterocycles. The molecule has 2 bridgehead atoms. The lowest BCUT2D eigenvalue weighted by Gasteiger charge is -2.46. The first-order chi connectivity index (χ1) is 11.1. The highest BCUT2D eigenvalue weighted by atomic mass is 16.5. The van der Waals surface area contributed by atoms with E-state index in [9.17, 15) is 4.79 Å². The van der Waals surface area contributed by atoms with E-state index in [2.05, 4.69) is 16.7 Å². The van der Waals surface area contributed by atoms with E-state index in [-0.39, 0.29) is 5.92 Å². The quantitative estimate of drug-likeness (QED) is 0.848. The van der Waals surface area contributed by atoms with Crippen molar-refractivity contribution in [3.63, 3.8) is 0 Å². The highest BCUT2D eigenvalue weighted by Crippen LogP contribution is 2.42. The van der Waals surface area contributed by atoms with Gasteiger partial charge in [-0.25, -0.2) is 0 Å². The molecule has 3 aliphatic rings. The van der Waals surface area contributed by atoms with E-state index in [0.717, 1.165) is 45.6 Å². The standard InChI is InChI=1S/C18H33N3O2/c1-13-12-21(7-6-20(13)8-9-23-2)18(22)16-10-14-4-3-5-15(11-16)17(14)19/h13-17H,3-12,19H2,1-2H3. The number of carbonyl (C=O) groups excluding carboxylic acids is 1. The van der Waals surface area contributed by atoms with Crippen molar-refractivity contribution in [1.29, 1.82) is 0 Å². The van der Waals surface area contributed by atoms with E-state index in [1.165, 1.54) is 19.3 Å². The number of hydrogen-bond donors (Lipinski definition) is 1. The van der Waals surface area contributed by atoms with Gasteiger partial charge in [-0.3, -0.25) is 9.69 Å². The molecule has 2 N–H and O–H groups in total. The van der Waals surface area contributed by atoms with Crippen molar-refractivity contribution in [2.45, 2.75) is 51.1 Å². The Bertz CT molecular complexity index is 403. The van der Waals surface area contributed by atoms with Crippen LogP contribution in [0.2, 0.25) is 0 Å². The summed E-state index contributed by atoms with van der Waals surface area (Å²) >= 11 is 0. The van der Waals surface area contributed by atoms with Crippen molar-refractivity contribution in [3.8, 4) is 0 Å². The highest BCUT2D eigenvalue weighted by molar-refractivity contribution is 5.79. The number of nitrogens with zero attached hydrogens (tertiary/aromatic N) is 2. The average molecular weight is 323 g/mol. The fraction of sp³-hybridized carbons (Fsp3) is 0.944. The van der Waals surface area contributed by atoms with E-state index in [0.29, 0.717) is 29.8 Å². The zero-order valence-corrected chi connectivity index (χ0v) is 14.7. The molecule has 3 atom stereocenters. The summed E-state index contributed by atoms with van der Waals surface area (Å²) in [5, 5.41) is 0. The number of carbonyl (C=O) groups is 1. The Morgan fingerprint density at radius 2 is 1.91 bits per heavy atom. The van der Waals surface area contributed by atoms with Gasteiger partial charge in [-0.1, -0.05) is 6.42 Å². The van der Waals surface area contributed by atoms with Crippen molar-refractivity contribution in [2.24, 2.45) is 23.5 Å². The van der Waals surface area contributed by atoms with Crippen LogP contribution < -0.4 is 5.73 Å². The van der Waals surface area contributed by atoms with Crippen molar-refractivity contribution in [1.82, 2.24) is 9.80 Å². The molecule has 2 aliphatic carbocycles. The molecule has 0 aromatic carbocycles. The van der Waals surface area contributed by atoms with Crippen LogP contribution in [0.25, 0.3) is 0 Å². The summed E-state index contributed by atoms with van der Waals surface area (Å²) in [5.41, 5.74) is 6.37. The van der Waals surface area contributed by atoms with Crippen LogP contribution in [0.5, 0.6) is 0 Å². The number of fused-ring (bicyclic) bond motifs is 2. The number of rotatable bonds is 4. The van der Waals surface area contributed by atoms with Gasteiger partial charge >= 0.3 is 0 Å². The van der Waals surface area contributed by atoms with E-state index >= 15 is 0 Å². The maximum Gasteiger partial charge on any atom is 0.225 e. The number of ether oxygens (including phenoxy) is 1. The van der Waals surface area contributed by atoms with Gasteiger partial charge in [0, 0.05) is 51.3 Å². The van der Waals surface area contributed by atoms with Gasteiger partial charge < -0.3 is 15.4 Å². The van der Waals surface area contributed by atoms with Gasteiger partial charge in [0.1, 0.15) is 0 Å². The Morgan fingerprint density at radius 1 is 1.22 bits per heavy atom. The first-order valence-corrected chi connectivity index (χ1v) is 9.37. The fourth-order valence-electron chi connectivity index (χ4n) is 4.99. The molecule has 23 heavy (non-hydrogen) atoms. The second-order valence-corrected chi connectivity index (χ2v) is 7.86. The minimum Gasteiger partial charge on any atom is -0.383 e. The molecule has 3 rings (SSSR count). The van der Waals surface area contributed by atoms with Gasteiger partial charge in [0.25, 0.3) is 0 Å². The molecule has 1 amide bonds. The first kappa shape index (κ1) is 17.2. The van der Waals surface area contributed by atoms with Gasteiger partial charge in [-0.15, -0.1) is 0 Å². The fourth-order valence-corrected chi connectivity index (χ4v) is 4.99. The summed E-state index contributed by atoms with van der Waals surface area (Å²) in [6, 6.07) is 0.769. The van der Waals surface area contributed by atoms with Crippen LogP contribution in [-0.2, 0) is 9.53 Å². The first-order valence-electron chi connectivity index (χ1n) is 9.37. The third-order valence-corrected chi connectivity index (χ3v) is 6.42. The molecule has 0 aromatic heterocycles. The van der Waals surface area contributed by atoms with E-state index < -0.39 is 0 Å². The Kier molecular flexibility index (Phi) is 5.60. The van der Waals surface area contributed by atoms with Crippen LogP contribution in [-0.4, -0.2) is 67.7 Å². The molecular weight excluding hydrogens is 290 g/mol. The SMILES string of the molecule is COCCN1CCN(C(=O)C2CC3CCCC(C2)C3N)CC1C. The number of nitrogens with two attached hydrogens (primary N) is 1. The van der Waals surface area contributed by atoms with Crippen molar-refractivity contribution in [2.75, 3.05) is 39.9 Å². The maximum absolute atomic E-state index is 13.0. The van der Waals surface area contributed by atoms with E-state index in [1.54, 1.807) is 7.11 Å². The van der Waals surface area contributed by atoms with Crippen LogP contribution in [0.1, 0.15) is 39.0 Å². The number of hydrogen-bond acceptors (Lipinski definition) is 4. The summed E-state index contributed by atoms with van der Waals surface area (Å²) in [4.78, 5) is 17.5. The van der Waals surface area contributed by atoms with Crippen LogP contribution in [0.15, 0.2) is 0 Å². The predicted octanol–water partition coefficient (Wildman–Crippen LogP) is 1.32. The monoisotopic (exact) mass is 323 g/mol. The van der Waals surface area contributed by atoms with Crippen LogP contribution in [0.3, 0.4) is 0 Å². The Labute approximate surface area is 140 Å². The summed E-state index contributed by atoms with van der Waals surface area (Å²) in [6.07, 6.45) is 5.80. The van der Waals surface area contributed by atoms with Crippen molar-refractivity contribution < 1.29 is 9.53 Å². The molecule has 3 fully saturated rings. The molecule has 0 spiro atoms. The van der Waals surface area contributed by atoms with Crippen LogP contribution >= 0.6 is 0 Å². The lowest BCUT2D eigenvalue weighted by atomic mass is 9.65. The molecule has 0 radical (unpaired) electrons. The zero-order valence-electron chi connectivity index (χ0n) is 14.7. The second kappa shape index (κ2) is 7.49. The zero-order chi connectivity index (χ0) is 16.4. The van der Waals surface area contributed by atoms with Crippen LogP contribution in [0, 0.1) is 17.8 Å². The Morgan fingerprint density at radius 3 is 2.52 bits per heavy atom. The molecule has 1 aliphatic heterocycles. The largest absolute Gasteiger partial charge is 0.383 e. The highest BCUT2D eigenvalue weighted by Gasteiger charge is 2.42. The Hall–Kier alpha value is -0.650. The molecule has 5 heteroatoms. The molecule has 132 valence electrons. The number of methoxy groups -OCH3 is 1. The summed E-state index contributed by atoms with van der Waals surface area (Å²) in [5.74, 6) is 1.78. The second-order valence-electron chi connectivity index (χ2n) is 7.86. The maximum atomic E-state index is 13.0. The smallest absolute Gasteiger partial charge is 0.225 e. The topological polar surface area (TPSA) is 58.8 Å². The minimum absolute atomic E-state index is 0.225.